The fourth-order valence-corrected chi connectivity index (χ4v) is 3.39. The van der Waals surface area contributed by atoms with Crippen LogP contribution in [0.1, 0.15) is 18.9 Å². The minimum atomic E-state index is 0.295. The molecule has 0 radical (unpaired) electrons. The van der Waals surface area contributed by atoms with Crippen molar-refractivity contribution in [1.82, 2.24) is 19.7 Å². The number of nitrogens with zero attached hydrogens (tertiary/aromatic N) is 5. The van der Waals surface area contributed by atoms with E-state index in [9.17, 15) is 0 Å². The first-order valence-electron chi connectivity index (χ1n) is 8.24. The van der Waals surface area contributed by atoms with Gasteiger partial charge in [0.25, 0.3) is 0 Å². The molecule has 1 aliphatic heterocycles. The number of nitrogens with two attached hydrogens (primary N) is 1. The SMILES string of the molecule is CNc1cc(N2CCCC(n3ncc4ccccc43)C2)nc(N)n1. The molecule has 1 saturated heterocycles. The molecule has 4 rings (SSSR count). The molecule has 0 saturated carbocycles. The molecule has 7 nitrogen and oxygen atoms in total. The van der Waals surface area contributed by atoms with Crippen LogP contribution >= 0.6 is 0 Å². The summed E-state index contributed by atoms with van der Waals surface area (Å²) >= 11 is 0. The van der Waals surface area contributed by atoms with E-state index < -0.39 is 0 Å². The van der Waals surface area contributed by atoms with Crippen LogP contribution in [-0.4, -0.2) is 39.9 Å². The normalized spacial score (nSPS) is 18.0. The maximum absolute atomic E-state index is 5.84. The first-order chi connectivity index (χ1) is 11.7. The second-order valence-electron chi connectivity index (χ2n) is 6.11. The summed E-state index contributed by atoms with van der Waals surface area (Å²) in [6.07, 6.45) is 4.15. The first kappa shape index (κ1) is 14.7. The van der Waals surface area contributed by atoms with Gasteiger partial charge in [0.1, 0.15) is 11.6 Å². The lowest BCUT2D eigenvalue weighted by Crippen LogP contribution is -2.37. The van der Waals surface area contributed by atoms with Gasteiger partial charge in [-0.15, -0.1) is 0 Å². The highest BCUT2D eigenvalue weighted by molar-refractivity contribution is 5.78. The van der Waals surface area contributed by atoms with Crippen molar-refractivity contribution in [2.75, 3.05) is 36.1 Å². The summed E-state index contributed by atoms with van der Waals surface area (Å²) in [4.78, 5) is 10.8. The van der Waals surface area contributed by atoms with Gasteiger partial charge in [-0.05, 0) is 18.9 Å². The van der Waals surface area contributed by atoms with Gasteiger partial charge in [-0.3, -0.25) is 4.68 Å². The van der Waals surface area contributed by atoms with Gasteiger partial charge in [0.05, 0.1) is 17.8 Å². The van der Waals surface area contributed by atoms with Gasteiger partial charge < -0.3 is 16.0 Å². The van der Waals surface area contributed by atoms with E-state index in [1.807, 2.05) is 25.4 Å². The number of benzene rings is 1. The minimum absolute atomic E-state index is 0.295. The molecule has 3 N–H and O–H groups in total. The van der Waals surface area contributed by atoms with Gasteiger partial charge in [-0.2, -0.15) is 15.1 Å². The van der Waals surface area contributed by atoms with E-state index in [0.717, 1.165) is 37.6 Å². The molecule has 124 valence electrons. The van der Waals surface area contributed by atoms with Crippen molar-refractivity contribution in [3.8, 4) is 0 Å². The fraction of sp³-hybridized carbons (Fsp3) is 0.353. The van der Waals surface area contributed by atoms with Crippen molar-refractivity contribution in [2.24, 2.45) is 0 Å². The monoisotopic (exact) mass is 323 g/mol. The Morgan fingerprint density at radius 3 is 3.00 bits per heavy atom. The van der Waals surface area contributed by atoms with E-state index in [4.69, 9.17) is 5.73 Å². The third kappa shape index (κ3) is 2.62. The molecule has 7 heteroatoms. The van der Waals surface area contributed by atoms with E-state index in [0.29, 0.717) is 12.0 Å². The first-order valence-corrected chi connectivity index (χ1v) is 8.24. The summed E-state index contributed by atoms with van der Waals surface area (Å²) in [5.41, 5.74) is 7.02. The van der Waals surface area contributed by atoms with Crippen molar-refractivity contribution in [3.63, 3.8) is 0 Å². The molecule has 0 bridgehead atoms. The van der Waals surface area contributed by atoms with Crippen LogP contribution < -0.4 is 16.0 Å². The number of hydrogen-bond donors (Lipinski definition) is 2. The third-order valence-corrected chi connectivity index (χ3v) is 4.56. The Morgan fingerprint density at radius 1 is 1.25 bits per heavy atom. The molecule has 1 atom stereocenters. The highest BCUT2D eigenvalue weighted by Crippen LogP contribution is 2.28. The van der Waals surface area contributed by atoms with Gasteiger partial charge in [0.15, 0.2) is 0 Å². The Hall–Kier alpha value is -2.83. The molecular weight excluding hydrogens is 302 g/mol. The van der Waals surface area contributed by atoms with E-state index in [1.165, 1.54) is 10.9 Å². The van der Waals surface area contributed by atoms with Crippen molar-refractivity contribution in [1.29, 1.82) is 0 Å². The zero-order valence-corrected chi connectivity index (χ0v) is 13.7. The number of para-hydroxylation sites is 1. The predicted octanol–water partition coefficient (Wildman–Crippen LogP) is 2.29. The van der Waals surface area contributed by atoms with Gasteiger partial charge in [-0.25, -0.2) is 0 Å². The number of fused-ring (bicyclic) bond motifs is 1. The summed E-state index contributed by atoms with van der Waals surface area (Å²) in [6.45, 7) is 1.83. The molecule has 2 aromatic heterocycles. The van der Waals surface area contributed by atoms with Crippen LogP contribution in [-0.2, 0) is 0 Å². The quantitative estimate of drug-likeness (QED) is 0.769. The Morgan fingerprint density at radius 2 is 2.12 bits per heavy atom. The minimum Gasteiger partial charge on any atom is -0.373 e. The zero-order chi connectivity index (χ0) is 16.5. The van der Waals surface area contributed by atoms with Crippen LogP contribution in [0.15, 0.2) is 36.5 Å². The molecule has 1 unspecified atom stereocenters. The van der Waals surface area contributed by atoms with Crippen LogP contribution in [0.25, 0.3) is 10.9 Å². The van der Waals surface area contributed by atoms with Gasteiger partial charge in [0, 0.05) is 31.6 Å². The molecule has 3 heterocycles. The zero-order valence-electron chi connectivity index (χ0n) is 13.7. The Bertz CT molecular complexity index is 857. The number of hydrogen-bond acceptors (Lipinski definition) is 6. The lowest BCUT2D eigenvalue weighted by molar-refractivity contribution is 0.384. The predicted molar refractivity (Wildman–Crippen MR) is 96.2 cm³/mol. The second kappa shape index (κ2) is 5.99. The summed E-state index contributed by atoms with van der Waals surface area (Å²) in [6, 6.07) is 10.6. The third-order valence-electron chi connectivity index (χ3n) is 4.56. The standard InChI is InChI=1S/C17H21N7/c1-19-15-9-16(22-17(18)21-15)23-8-4-6-13(11-23)24-14-7-3-2-5-12(14)10-20-24/h2-3,5,7,9-10,13H,4,6,8,11H2,1H3,(H3,18,19,21,22). The van der Waals surface area contributed by atoms with Crippen LogP contribution in [0.3, 0.4) is 0 Å². The highest BCUT2D eigenvalue weighted by atomic mass is 15.3. The molecule has 1 aliphatic rings. The summed E-state index contributed by atoms with van der Waals surface area (Å²) in [5, 5.41) is 8.83. The van der Waals surface area contributed by atoms with Gasteiger partial charge in [0.2, 0.25) is 5.95 Å². The Labute approximate surface area is 140 Å². The summed E-state index contributed by atoms with van der Waals surface area (Å²) < 4.78 is 2.14. The molecule has 24 heavy (non-hydrogen) atoms. The lowest BCUT2D eigenvalue weighted by atomic mass is 10.1. The number of nitrogens with one attached hydrogen (secondary N) is 1. The molecule has 0 aliphatic carbocycles. The van der Waals surface area contributed by atoms with Crippen molar-refractivity contribution in [3.05, 3.63) is 36.5 Å². The van der Waals surface area contributed by atoms with E-state index >= 15 is 0 Å². The van der Waals surface area contributed by atoms with Crippen molar-refractivity contribution in [2.45, 2.75) is 18.9 Å². The number of piperidine rings is 1. The molecule has 0 amide bonds. The second-order valence-corrected chi connectivity index (χ2v) is 6.11. The lowest BCUT2D eigenvalue weighted by Gasteiger charge is -2.34. The maximum Gasteiger partial charge on any atom is 0.223 e. The van der Waals surface area contributed by atoms with Crippen molar-refractivity contribution < 1.29 is 0 Å². The maximum atomic E-state index is 5.84. The molecule has 1 aromatic carbocycles. The largest absolute Gasteiger partial charge is 0.373 e. The molecule has 3 aromatic rings. The van der Waals surface area contributed by atoms with Crippen LogP contribution in [0.4, 0.5) is 17.6 Å². The number of nitrogen functional groups attached to an aromatic ring is 1. The average molecular weight is 323 g/mol. The Kier molecular flexibility index (Phi) is 3.68. The molecular formula is C17H21N7. The Balaban J connectivity index is 1.63. The van der Waals surface area contributed by atoms with Crippen LogP contribution in [0, 0.1) is 0 Å². The number of rotatable bonds is 3. The summed E-state index contributed by atoms with van der Waals surface area (Å²) in [7, 11) is 1.83. The molecule has 1 fully saturated rings. The van der Waals surface area contributed by atoms with E-state index in [2.05, 4.69) is 48.2 Å². The molecule has 0 spiro atoms. The van der Waals surface area contributed by atoms with Gasteiger partial charge >= 0.3 is 0 Å². The average Bonchev–Trinajstić information content (AvgIpc) is 3.05. The number of anilines is 3. The van der Waals surface area contributed by atoms with E-state index in [1.54, 1.807) is 0 Å². The van der Waals surface area contributed by atoms with E-state index in [-0.39, 0.29) is 0 Å². The van der Waals surface area contributed by atoms with Gasteiger partial charge in [-0.1, -0.05) is 18.2 Å². The van der Waals surface area contributed by atoms with Crippen LogP contribution in [0.2, 0.25) is 0 Å². The smallest absolute Gasteiger partial charge is 0.223 e. The number of aromatic nitrogens is 4. The highest BCUT2D eigenvalue weighted by Gasteiger charge is 2.24. The van der Waals surface area contributed by atoms with Crippen LogP contribution in [0.5, 0.6) is 0 Å². The fourth-order valence-electron chi connectivity index (χ4n) is 3.39. The van der Waals surface area contributed by atoms with Crippen molar-refractivity contribution >= 4 is 28.5 Å². The summed E-state index contributed by atoms with van der Waals surface area (Å²) in [5.74, 6) is 1.90. The topological polar surface area (TPSA) is 84.9 Å².